The van der Waals surface area contributed by atoms with Gasteiger partial charge in [0.15, 0.2) is 0 Å². The highest BCUT2D eigenvalue weighted by Crippen LogP contribution is 2.17. The van der Waals surface area contributed by atoms with Crippen LogP contribution in [0.3, 0.4) is 0 Å². The van der Waals surface area contributed by atoms with Crippen LogP contribution < -0.4 is 5.32 Å². The maximum absolute atomic E-state index is 12.1. The highest BCUT2D eigenvalue weighted by Gasteiger charge is 2.25. The Kier molecular flexibility index (Phi) is 5.83. The van der Waals surface area contributed by atoms with E-state index in [4.69, 9.17) is 6.42 Å². The Morgan fingerprint density at radius 3 is 2.65 bits per heavy atom. The first-order chi connectivity index (χ1) is 11.1. The van der Waals surface area contributed by atoms with Crippen LogP contribution in [0.5, 0.6) is 0 Å². The third-order valence-electron chi connectivity index (χ3n) is 3.69. The summed E-state index contributed by atoms with van der Waals surface area (Å²) < 4.78 is 1.68. The van der Waals surface area contributed by atoms with Crippen LogP contribution in [0.4, 0.5) is 0 Å². The van der Waals surface area contributed by atoms with Crippen LogP contribution in [-0.4, -0.2) is 32.0 Å². The molecular formula is C17H20N4OS. The first-order valence-electron chi connectivity index (χ1n) is 7.51. The van der Waals surface area contributed by atoms with Gasteiger partial charge >= 0.3 is 0 Å². The van der Waals surface area contributed by atoms with Crippen molar-refractivity contribution in [1.82, 2.24) is 20.1 Å². The van der Waals surface area contributed by atoms with Gasteiger partial charge in [-0.3, -0.25) is 4.79 Å². The molecule has 0 radical (unpaired) electrons. The zero-order chi connectivity index (χ0) is 16.7. The lowest BCUT2D eigenvalue weighted by Crippen LogP contribution is -2.47. The molecule has 23 heavy (non-hydrogen) atoms. The normalized spacial score (nSPS) is 11.0. The highest BCUT2D eigenvalue weighted by atomic mass is 32.2. The van der Waals surface area contributed by atoms with Crippen molar-refractivity contribution in [1.29, 1.82) is 0 Å². The first-order valence-corrected chi connectivity index (χ1v) is 8.49. The number of hydrogen-bond acceptors (Lipinski definition) is 4. The molecular weight excluding hydrogens is 308 g/mol. The fourth-order valence-corrected chi connectivity index (χ4v) is 2.72. The number of carbonyl (C=O) groups is 1. The minimum atomic E-state index is -0.561. The second kappa shape index (κ2) is 7.84. The van der Waals surface area contributed by atoms with E-state index in [2.05, 4.69) is 21.3 Å². The van der Waals surface area contributed by atoms with E-state index in [0.29, 0.717) is 18.0 Å². The van der Waals surface area contributed by atoms with Gasteiger partial charge in [0.25, 0.3) is 0 Å². The van der Waals surface area contributed by atoms with Crippen LogP contribution >= 0.6 is 11.8 Å². The van der Waals surface area contributed by atoms with Crippen molar-refractivity contribution in [2.45, 2.75) is 37.4 Å². The number of para-hydroxylation sites is 1. The second-order valence-electron chi connectivity index (χ2n) is 5.08. The summed E-state index contributed by atoms with van der Waals surface area (Å²) in [4.78, 5) is 16.3. The van der Waals surface area contributed by atoms with Gasteiger partial charge in [-0.15, -0.1) is 11.5 Å². The quantitative estimate of drug-likeness (QED) is 0.627. The van der Waals surface area contributed by atoms with E-state index in [1.165, 1.54) is 11.8 Å². The van der Waals surface area contributed by atoms with Crippen LogP contribution in [0.25, 0.3) is 5.69 Å². The average Bonchev–Trinajstić information content (AvgIpc) is 3.08. The monoisotopic (exact) mass is 328 g/mol. The molecule has 0 fully saturated rings. The minimum absolute atomic E-state index is 0.104. The van der Waals surface area contributed by atoms with Gasteiger partial charge in [0.1, 0.15) is 11.9 Å². The largest absolute Gasteiger partial charge is 0.339 e. The molecule has 120 valence electrons. The molecule has 0 aliphatic rings. The van der Waals surface area contributed by atoms with Crippen molar-refractivity contribution in [3.63, 3.8) is 0 Å². The predicted molar refractivity (Wildman–Crippen MR) is 92.4 cm³/mol. The van der Waals surface area contributed by atoms with E-state index in [-0.39, 0.29) is 11.7 Å². The fraction of sp³-hybridized carbons (Fsp3) is 0.353. The summed E-state index contributed by atoms with van der Waals surface area (Å²) in [5.41, 5.74) is 0.369. The van der Waals surface area contributed by atoms with Gasteiger partial charge < -0.3 is 5.32 Å². The van der Waals surface area contributed by atoms with Gasteiger partial charge in [-0.05, 0) is 25.0 Å². The van der Waals surface area contributed by atoms with Gasteiger partial charge in [0, 0.05) is 0 Å². The Bertz CT molecular complexity index is 686. The molecule has 0 saturated carbocycles. The van der Waals surface area contributed by atoms with Crippen molar-refractivity contribution in [3.8, 4) is 18.0 Å². The van der Waals surface area contributed by atoms with Crippen LogP contribution in [0.2, 0.25) is 0 Å². The molecule has 1 heterocycles. The summed E-state index contributed by atoms with van der Waals surface area (Å²) in [6, 6.07) is 9.71. The molecule has 1 amide bonds. The lowest BCUT2D eigenvalue weighted by Gasteiger charge is -2.26. The van der Waals surface area contributed by atoms with Gasteiger partial charge in [-0.1, -0.05) is 49.7 Å². The fourth-order valence-electron chi connectivity index (χ4n) is 2.12. The molecule has 1 N–H and O–H groups in total. The van der Waals surface area contributed by atoms with Crippen molar-refractivity contribution < 1.29 is 4.79 Å². The summed E-state index contributed by atoms with van der Waals surface area (Å²) in [6.07, 6.45) is 8.60. The molecule has 0 spiro atoms. The van der Waals surface area contributed by atoms with Crippen LogP contribution in [-0.2, 0) is 4.79 Å². The molecule has 6 heteroatoms. The lowest BCUT2D eigenvalue weighted by molar-refractivity contribution is -0.119. The molecule has 1 aromatic carbocycles. The van der Waals surface area contributed by atoms with E-state index >= 15 is 0 Å². The number of hydrogen-bond donors (Lipinski definition) is 1. The molecule has 2 aromatic rings. The summed E-state index contributed by atoms with van der Waals surface area (Å²) in [7, 11) is 0. The van der Waals surface area contributed by atoms with Crippen molar-refractivity contribution in [2.24, 2.45) is 0 Å². The van der Waals surface area contributed by atoms with Gasteiger partial charge in [0.2, 0.25) is 11.1 Å². The molecule has 0 aliphatic heterocycles. The summed E-state index contributed by atoms with van der Waals surface area (Å²) in [6.45, 7) is 3.94. The second-order valence-corrected chi connectivity index (χ2v) is 6.02. The number of terminal acetylenes is 1. The van der Waals surface area contributed by atoms with Gasteiger partial charge in [0.05, 0.1) is 11.4 Å². The Morgan fingerprint density at radius 1 is 1.35 bits per heavy atom. The number of aromatic nitrogens is 3. The Balaban J connectivity index is 1.93. The summed E-state index contributed by atoms with van der Waals surface area (Å²) in [5, 5.41) is 7.85. The number of nitrogens with zero attached hydrogens (tertiary/aromatic N) is 3. The molecule has 0 bridgehead atoms. The van der Waals surface area contributed by atoms with E-state index in [0.717, 1.165) is 5.69 Å². The standard InChI is InChI=1S/C17H20N4OS/c1-4-17(5-2,6-3)19-15(22)12-23-16-18-13-21(20-16)14-10-8-7-9-11-14/h1,7-11,13H,5-6,12H2,2-3H3,(H,19,22). The van der Waals surface area contributed by atoms with Crippen molar-refractivity contribution in [3.05, 3.63) is 36.7 Å². The SMILES string of the molecule is C#CC(CC)(CC)NC(=O)CSc1ncn(-c2ccccc2)n1. The third-order valence-corrected chi connectivity index (χ3v) is 4.54. The van der Waals surface area contributed by atoms with E-state index in [1.807, 2.05) is 44.2 Å². The average molecular weight is 328 g/mol. The number of rotatable bonds is 7. The summed E-state index contributed by atoms with van der Waals surface area (Å²) >= 11 is 1.29. The number of carbonyl (C=O) groups excluding carboxylic acids is 1. The highest BCUT2D eigenvalue weighted by molar-refractivity contribution is 7.99. The Hall–Kier alpha value is -2.26. The molecule has 1 aromatic heterocycles. The maximum Gasteiger partial charge on any atom is 0.231 e. The maximum atomic E-state index is 12.1. The molecule has 0 atom stereocenters. The smallest absolute Gasteiger partial charge is 0.231 e. The van der Waals surface area contributed by atoms with Gasteiger partial charge in [-0.2, -0.15) is 0 Å². The number of nitrogens with one attached hydrogen (secondary N) is 1. The minimum Gasteiger partial charge on any atom is -0.339 e. The van der Waals surface area contributed by atoms with E-state index in [9.17, 15) is 4.79 Å². The molecule has 0 unspecified atom stereocenters. The topological polar surface area (TPSA) is 59.8 Å². The number of benzene rings is 1. The molecule has 0 saturated heterocycles. The first kappa shape index (κ1) is 17.1. The van der Waals surface area contributed by atoms with E-state index < -0.39 is 5.54 Å². The van der Waals surface area contributed by atoms with E-state index in [1.54, 1.807) is 11.0 Å². The zero-order valence-electron chi connectivity index (χ0n) is 13.3. The molecule has 0 aliphatic carbocycles. The van der Waals surface area contributed by atoms with Crippen molar-refractivity contribution in [2.75, 3.05) is 5.75 Å². The van der Waals surface area contributed by atoms with Crippen molar-refractivity contribution >= 4 is 17.7 Å². The van der Waals surface area contributed by atoms with Crippen LogP contribution in [0.15, 0.2) is 41.8 Å². The predicted octanol–water partition coefficient (Wildman–Crippen LogP) is 2.67. The molecule has 2 rings (SSSR count). The molecule has 5 nitrogen and oxygen atoms in total. The summed E-state index contributed by atoms with van der Waals surface area (Å²) in [5.74, 6) is 2.83. The Labute approximate surface area is 140 Å². The van der Waals surface area contributed by atoms with Crippen LogP contribution in [0.1, 0.15) is 26.7 Å². The number of thioether (sulfide) groups is 1. The van der Waals surface area contributed by atoms with Gasteiger partial charge in [-0.25, -0.2) is 9.67 Å². The van der Waals surface area contributed by atoms with Crippen LogP contribution in [0, 0.1) is 12.3 Å². The Morgan fingerprint density at radius 2 is 2.04 bits per heavy atom. The zero-order valence-corrected chi connectivity index (χ0v) is 14.1. The third kappa shape index (κ3) is 4.36. The lowest BCUT2D eigenvalue weighted by atomic mass is 9.94. The number of amides is 1.